The fraction of sp³-hybridized carbons (Fsp3) is 0.200. The zero-order valence-corrected chi connectivity index (χ0v) is 10.7. The summed E-state index contributed by atoms with van der Waals surface area (Å²) >= 11 is 0. The number of aromatic nitrogens is 1. The molecule has 19 heavy (non-hydrogen) atoms. The van der Waals surface area contributed by atoms with Crippen molar-refractivity contribution < 1.29 is 9.90 Å². The Morgan fingerprint density at radius 3 is 2.32 bits per heavy atom. The molecule has 4 heteroatoms. The summed E-state index contributed by atoms with van der Waals surface area (Å²) in [5.41, 5.74) is 2.73. The maximum atomic E-state index is 11.5. The van der Waals surface area contributed by atoms with Gasteiger partial charge in [0.1, 0.15) is 6.54 Å². The summed E-state index contributed by atoms with van der Waals surface area (Å²) in [4.78, 5) is 22.2. The smallest absolute Gasteiger partial charge is 0.323 e. The molecule has 0 bridgehead atoms. The maximum absolute atomic E-state index is 11.5. The second kappa shape index (κ2) is 5.52. The summed E-state index contributed by atoms with van der Waals surface area (Å²) in [5.74, 6) is -1.03. The number of nitrogens with zero attached hydrogens (tertiary/aromatic N) is 1. The average molecular weight is 257 g/mol. The van der Waals surface area contributed by atoms with E-state index < -0.39 is 5.97 Å². The van der Waals surface area contributed by atoms with Gasteiger partial charge in [0.05, 0.1) is 0 Å². The number of benzene rings is 1. The predicted molar refractivity (Wildman–Crippen MR) is 73.2 cm³/mol. The Kier molecular flexibility index (Phi) is 3.80. The Bertz CT molecular complexity index is 641. The van der Waals surface area contributed by atoms with E-state index in [4.69, 9.17) is 5.11 Å². The van der Waals surface area contributed by atoms with Crippen molar-refractivity contribution in [1.29, 1.82) is 0 Å². The minimum absolute atomic E-state index is 0.309. The van der Waals surface area contributed by atoms with Crippen LogP contribution in [0.25, 0.3) is 11.1 Å². The zero-order valence-electron chi connectivity index (χ0n) is 10.7. The Hall–Kier alpha value is -2.36. The summed E-state index contributed by atoms with van der Waals surface area (Å²) < 4.78 is 1.20. The first kappa shape index (κ1) is 13.1. The molecule has 0 spiro atoms. The van der Waals surface area contributed by atoms with E-state index in [0.717, 1.165) is 17.5 Å². The van der Waals surface area contributed by atoms with Crippen LogP contribution in [0.15, 0.2) is 47.4 Å². The highest BCUT2D eigenvalue weighted by Crippen LogP contribution is 2.18. The van der Waals surface area contributed by atoms with E-state index >= 15 is 0 Å². The number of carboxylic acid groups (broad SMARTS) is 1. The van der Waals surface area contributed by atoms with Crippen molar-refractivity contribution in [1.82, 2.24) is 4.57 Å². The Morgan fingerprint density at radius 1 is 1.11 bits per heavy atom. The number of rotatable bonds is 4. The molecule has 0 aliphatic carbocycles. The van der Waals surface area contributed by atoms with Crippen molar-refractivity contribution in [2.45, 2.75) is 19.9 Å². The molecule has 1 N–H and O–H groups in total. The fourth-order valence-electron chi connectivity index (χ4n) is 1.90. The van der Waals surface area contributed by atoms with Crippen LogP contribution in [-0.2, 0) is 17.8 Å². The SMILES string of the molecule is CCc1ccc(-c2ccc(=O)n(CC(=O)O)c2)cc1. The van der Waals surface area contributed by atoms with Crippen LogP contribution < -0.4 is 5.56 Å². The largest absolute Gasteiger partial charge is 0.480 e. The predicted octanol–water partition coefficient (Wildman–Crippen LogP) is 2.16. The molecule has 0 saturated heterocycles. The normalized spacial score (nSPS) is 10.4. The van der Waals surface area contributed by atoms with Gasteiger partial charge in [-0.05, 0) is 29.2 Å². The molecule has 0 fully saturated rings. The van der Waals surface area contributed by atoms with E-state index in [1.807, 2.05) is 24.3 Å². The molecule has 4 nitrogen and oxygen atoms in total. The molecule has 0 saturated carbocycles. The number of hydrogen-bond donors (Lipinski definition) is 1. The van der Waals surface area contributed by atoms with Gasteiger partial charge >= 0.3 is 5.97 Å². The van der Waals surface area contributed by atoms with Crippen molar-refractivity contribution in [3.05, 3.63) is 58.5 Å². The Morgan fingerprint density at radius 2 is 1.74 bits per heavy atom. The number of hydrogen-bond acceptors (Lipinski definition) is 2. The molecule has 0 atom stereocenters. The summed E-state index contributed by atoms with van der Waals surface area (Å²) in [7, 11) is 0. The third-order valence-corrected chi connectivity index (χ3v) is 2.98. The quantitative estimate of drug-likeness (QED) is 0.913. The lowest BCUT2D eigenvalue weighted by Crippen LogP contribution is -2.22. The van der Waals surface area contributed by atoms with Crippen molar-refractivity contribution in [2.75, 3.05) is 0 Å². The topological polar surface area (TPSA) is 59.3 Å². The Labute approximate surface area is 110 Å². The van der Waals surface area contributed by atoms with Gasteiger partial charge in [0, 0.05) is 12.3 Å². The van der Waals surface area contributed by atoms with E-state index in [2.05, 4.69) is 6.92 Å². The number of carbonyl (C=O) groups is 1. The second-order valence-electron chi connectivity index (χ2n) is 4.33. The molecule has 0 unspecified atom stereocenters. The second-order valence-corrected chi connectivity index (χ2v) is 4.33. The van der Waals surface area contributed by atoms with Gasteiger partial charge in [0.2, 0.25) is 0 Å². The summed E-state index contributed by atoms with van der Waals surface area (Å²) in [6, 6.07) is 11.1. The minimum atomic E-state index is -1.03. The number of pyridine rings is 1. The lowest BCUT2D eigenvalue weighted by Gasteiger charge is -2.07. The van der Waals surface area contributed by atoms with E-state index in [9.17, 15) is 9.59 Å². The molecule has 0 aliphatic heterocycles. The van der Waals surface area contributed by atoms with Crippen molar-refractivity contribution in [3.63, 3.8) is 0 Å². The van der Waals surface area contributed by atoms with Crippen LogP contribution >= 0.6 is 0 Å². The van der Waals surface area contributed by atoms with E-state index in [-0.39, 0.29) is 12.1 Å². The average Bonchev–Trinajstić information content (AvgIpc) is 2.41. The summed E-state index contributed by atoms with van der Waals surface area (Å²) in [5, 5.41) is 8.76. The molecular weight excluding hydrogens is 242 g/mol. The van der Waals surface area contributed by atoms with Crippen LogP contribution in [0.2, 0.25) is 0 Å². The van der Waals surface area contributed by atoms with Crippen LogP contribution in [0.3, 0.4) is 0 Å². The lowest BCUT2D eigenvalue weighted by atomic mass is 10.0. The Balaban J connectivity index is 2.39. The van der Waals surface area contributed by atoms with Gasteiger partial charge in [-0.25, -0.2) is 0 Å². The molecule has 0 aliphatic rings. The van der Waals surface area contributed by atoms with Gasteiger partial charge in [-0.1, -0.05) is 31.2 Å². The lowest BCUT2D eigenvalue weighted by molar-refractivity contribution is -0.137. The number of carboxylic acids is 1. The number of aliphatic carboxylic acids is 1. The van der Waals surface area contributed by atoms with Crippen molar-refractivity contribution in [3.8, 4) is 11.1 Å². The van der Waals surface area contributed by atoms with Gasteiger partial charge in [0.15, 0.2) is 0 Å². The first-order valence-corrected chi connectivity index (χ1v) is 6.11. The van der Waals surface area contributed by atoms with Crippen LogP contribution in [0.4, 0.5) is 0 Å². The van der Waals surface area contributed by atoms with Gasteiger partial charge < -0.3 is 9.67 Å². The highest BCUT2D eigenvalue weighted by molar-refractivity contribution is 5.67. The van der Waals surface area contributed by atoms with Gasteiger partial charge in [-0.2, -0.15) is 0 Å². The summed E-state index contributed by atoms with van der Waals surface area (Å²) in [6.07, 6.45) is 2.55. The van der Waals surface area contributed by atoms with Crippen molar-refractivity contribution in [2.24, 2.45) is 0 Å². The third-order valence-electron chi connectivity index (χ3n) is 2.98. The van der Waals surface area contributed by atoms with Crippen molar-refractivity contribution >= 4 is 5.97 Å². The van der Waals surface area contributed by atoms with E-state index in [0.29, 0.717) is 0 Å². The molecular formula is C15H15NO3. The van der Waals surface area contributed by atoms with Gasteiger partial charge in [-0.3, -0.25) is 9.59 Å². The number of aryl methyl sites for hydroxylation is 1. The molecule has 1 aromatic heterocycles. The molecule has 98 valence electrons. The third kappa shape index (κ3) is 3.10. The van der Waals surface area contributed by atoms with Crippen LogP contribution in [-0.4, -0.2) is 15.6 Å². The summed E-state index contributed by atoms with van der Waals surface area (Å²) in [6.45, 7) is 1.77. The molecule has 1 heterocycles. The first-order valence-electron chi connectivity index (χ1n) is 6.11. The van der Waals surface area contributed by atoms with Crippen LogP contribution in [0, 0.1) is 0 Å². The fourth-order valence-corrected chi connectivity index (χ4v) is 1.90. The van der Waals surface area contributed by atoms with Gasteiger partial charge in [0.25, 0.3) is 5.56 Å². The van der Waals surface area contributed by atoms with Crippen LogP contribution in [0.1, 0.15) is 12.5 Å². The molecule has 0 radical (unpaired) electrons. The zero-order chi connectivity index (χ0) is 13.8. The van der Waals surface area contributed by atoms with Gasteiger partial charge in [-0.15, -0.1) is 0 Å². The molecule has 2 rings (SSSR count). The van der Waals surface area contributed by atoms with Crippen LogP contribution in [0.5, 0.6) is 0 Å². The standard InChI is InChI=1S/C15H15NO3/c1-2-11-3-5-12(6-4-11)13-7-8-14(17)16(9-13)10-15(18)19/h3-9H,2,10H2,1H3,(H,18,19). The van der Waals surface area contributed by atoms with E-state index in [1.165, 1.54) is 16.2 Å². The molecule has 1 aromatic carbocycles. The maximum Gasteiger partial charge on any atom is 0.323 e. The molecule has 2 aromatic rings. The monoisotopic (exact) mass is 257 g/mol. The molecule has 0 amide bonds. The van der Waals surface area contributed by atoms with E-state index in [1.54, 1.807) is 12.3 Å². The minimum Gasteiger partial charge on any atom is -0.480 e. The highest BCUT2D eigenvalue weighted by atomic mass is 16.4. The first-order chi connectivity index (χ1) is 9.10. The highest BCUT2D eigenvalue weighted by Gasteiger charge is 2.04.